The summed E-state index contributed by atoms with van der Waals surface area (Å²) in [6, 6.07) is 3.67. The van der Waals surface area contributed by atoms with Crippen molar-refractivity contribution in [3.05, 3.63) is 22.2 Å². The highest BCUT2D eigenvalue weighted by Crippen LogP contribution is 2.53. The van der Waals surface area contributed by atoms with Gasteiger partial charge in [-0.2, -0.15) is 0 Å². The number of hydrogen-bond donors (Lipinski definition) is 0. The summed E-state index contributed by atoms with van der Waals surface area (Å²) in [5.41, 5.74) is 0.585. The Kier molecular flexibility index (Phi) is 2.93. The maximum absolute atomic E-state index is 11.2. The van der Waals surface area contributed by atoms with E-state index in [0.717, 1.165) is 29.2 Å². The number of rotatable bonds is 4. The van der Waals surface area contributed by atoms with E-state index in [1.165, 1.54) is 0 Å². The molecule has 0 amide bonds. The summed E-state index contributed by atoms with van der Waals surface area (Å²) < 4.78 is 11.4. The molecule has 0 unspecified atom stereocenters. The molecule has 1 aliphatic rings. The quantitative estimate of drug-likeness (QED) is 0.798. The van der Waals surface area contributed by atoms with Crippen LogP contribution in [0.2, 0.25) is 0 Å². The molecule has 0 bridgehead atoms. The van der Waals surface area contributed by atoms with Gasteiger partial charge >= 0.3 is 0 Å². The highest BCUT2D eigenvalue weighted by Gasteiger charge is 2.47. The number of methoxy groups -OCH3 is 2. The third-order valence-electron chi connectivity index (χ3n) is 3.00. The van der Waals surface area contributed by atoms with Crippen molar-refractivity contribution in [1.29, 1.82) is 0 Å². The largest absolute Gasteiger partial charge is 0.497 e. The molecule has 0 N–H and O–H groups in total. The zero-order valence-corrected chi connectivity index (χ0v) is 10.8. The van der Waals surface area contributed by atoms with E-state index in [-0.39, 0.29) is 5.41 Å². The van der Waals surface area contributed by atoms with Crippen molar-refractivity contribution < 1.29 is 14.3 Å². The molecule has 0 spiro atoms. The topological polar surface area (TPSA) is 35.5 Å². The molecule has 0 radical (unpaired) electrons. The standard InChI is InChI=1S/C12H13BrO3/c1-15-8-5-9(13)11(10(6-8)16-2)12(7-14)3-4-12/h5-7H,3-4H2,1-2H3. The SMILES string of the molecule is COc1cc(Br)c(C2(C=O)CC2)c(OC)c1. The van der Waals surface area contributed by atoms with Gasteiger partial charge in [-0.1, -0.05) is 15.9 Å². The first kappa shape index (κ1) is 11.5. The number of carbonyl (C=O) groups is 1. The maximum atomic E-state index is 11.2. The molecule has 1 saturated carbocycles. The van der Waals surface area contributed by atoms with Crippen LogP contribution in [0.5, 0.6) is 11.5 Å². The summed E-state index contributed by atoms with van der Waals surface area (Å²) in [7, 11) is 3.21. The summed E-state index contributed by atoms with van der Waals surface area (Å²) in [5, 5.41) is 0. The van der Waals surface area contributed by atoms with Crippen molar-refractivity contribution >= 4 is 22.2 Å². The van der Waals surface area contributed by atoms with Crippen LogP contribution in [0.3, 0.4) is 0 Å². The molecule has 16 heavy (non-hydrogen) atoms. The Balaban J connectivity index is 2.55. The van der Waals surface area contributed by atoms with Gasteiger partial charge in [-0.3, -0.25) is 0 Å². The number of hydrogen-bond acceptors (Lipinski definition) is 3. The predicted octanol–water partition coefficient (Wildman–Crippen LogP) is 2.70. The van der Waals surface area contributed by atoms with E-state index in [1.807, 2.05) is 12.1 Å². The highest BCUT2D eigenvalue weighted by molar-refractivity contribution is 9.10. The van der Waals surface area contributed by atoms with E-state index in [9.17, 15) is 4.79 Å². The average Bonchev–Trinajstić information content (AvgIpc) is 3.08. The van der Waals surface area contributed by atoms with E-state index >= 15 is 0 Å². The number of benzene rings is 1. The van der Waals surface area contributed by atoms with Gasteiger partial charge in [-0.25, -0.2) is 0 Å². The summed E-state index contributed by atoms with van der Waals surface area (Å²) in [5.74, 6) is 1.42. The Bertz CT molecular complexity index is 425. The second-order valence-corrected chi connectivity index (χ2v) is 4.81. The van der Waals surface area contributed by atoms with Crippen LogP contribution in [0.25, 0.3) is 0 Å². The molecule has 1 aromatic carbocycles. The normalized spacial score (nSPS) is 16.7. The van der Waals surface area contributed by atoms with Gasteiger partial charge in [0, 0.05) is 16.1 Å². The van der Waals surface area contributed by atoms with Crippen molar-refractivity contribution in [2.45, 2.75) is 18.3 Å². The molecule has 0 atom stereocenters. The summed E-state index contributed by atoms with van der Waals surface area (Å²) in [6.45, 7) is 0. The molecule has 0 aromatic heterocycles. The molecule has 0 aliphatic heterocycles. The van der Waals surface area contributed by atoms with Gasteiger partial charge in [-0.15, -0.1) is 0 Å². The van der Waals surface area contributed by atoms with Crippen LogP contribution in [0.4, 0.5) is 0 Å². The van der Waals surface area contributed by atoms with Gasteiger partial charge in [0.25, 0.3) is 0 Å². The van der Waals surface area contributed by atoms with Gasteiger partial charge in [0.05, 0.1) is 19.6 Å². The first-order valence-electron chi connectivity index (χ1n) is 5.05. The molecule has 0 saturated heterocycles. The third-order valence-corrected chi connectivity index (χ3v) is 3.62. The fourth-order valence-electron chi connectivity index (χ4n) is 1.88. The second kappa shape index (κ2) is 4.09. The van der Waals surface area contributed by atoms with Crippen LogP contribution < -0.4 is 9.47 Å². The summed E-state index contributed by atoms with van der Waals surface area (Å²) in [4.78, 5) is 11.2. The molecule has 3 nitrogen and oxygen atoms in total. The van der Waals surface area contributed by atoms with Crippen LogP contribution in [0.15, 0.2) is 16.6 Å². The first-order chi connectivity index (χ1) is 7.66. The lowest BCUT2D eigenvalue weighted by atomic mass is 9.96. The van der Waals surface area contributed by atoms with E-state index < -0.39 is 0 Å². The number of ether oxygens (including phenoxy) is 2. The van der Waals surface area contributed by atoms with Gasteiger partial charge in [0.1, 0.15) is 17.8 Å². The van der Waals surface area contributed by atoms with Gasteiger partial charge in [0.15, 0.2) is 0 Å². The maximum Gasteiger partial charge on any atom is 0.130 e. The van der Waals surface area contributed by atoms with Crippen molar-refractivity contribution in [2.24, 2.45) is 0 Å². The number of aldehydes is 1. The van der Waals surface area contributed by atoms with Crippen LogP contribution in [0, 0.1) is 0 Å². The lowest BCUT2D eigenvalue weighted by molar-refractivity contribution is -0.109. The Hall–Kier alpha value is -1.03. The van der Waals surface area contributed by atoms with Crippen LogP contribution in [-0.2, 0) is 10.2 Å². The number of halogens is 1. The first-order valence-corrected chi connectivity index (χ1v) is 5.84. The van der Waals surface area contributed by atoms with Crippen molar-refractivity contribution in [3.63, 3.8) is 0 Å². The van der Waals surface area contributed by atoms with Gasteiger partial charge < -0.3 is 14.3 Å². The van der Waals surface area contributed by atoms with E-state index in [2.05, 4.69) is 15.9 Å². The molecular weight excluding hydrogens is 272 g/mol. The van der Waals surface area contributed by atoms with Crippen LogP contribution >= 0.6 is 15.9 Å². The van der Waals surface area contributed by atoms with E-state index in [0.29, 0.717) is 11.5 Å². The Morgan fingerprint density at radius 1 is 1.31 bits per heavy atom. The molecule has 2 rings (SSSR count). The van der Waals surface area contributed by atoms with Crippen molar-refractivity contribution in [1.82, 2.24) is 0 Å². The number of carbonyl (C=O) groups excluding carboxylic acids is 1. The molecule has 1 fully saturated rings. The molecular formula is C12H13BrO3. The lowest BCUT2D eigenvalue weighted by Crippen LogP contribution is -2.11. The lowest BCUT2D eigenvalue weighted by Gasteiger charge is -2.16. The average molecular weight is 285 g/mol. The smallest absolute Gasteiger partial charge is 0.130 e. The van der Waals surface area contributed by atoms with Crippen molar-refractivity contribution in [3.8, 4) is 11.5 Å². The Morgan fingerprint density at radius 2 is 2.00 bits per heavy atom. The highest BCUT2D eigenvalue weighted by atomic mass is 79.9. The monoisotopic (exact) mass is 284 g/mol. The zero-order chi connectivity index (χ0) is 11.8. The van der Waals surface area contributed by atoms with Crippen molar-refractivity contribution in [2.75, 3.05) is 14.2 Å². The molecule has 1 aliphatic carbocycles. The summed E-state index contributed by atoms with van der Waals surface area (Å²) >= 11 is 3.48. The van der Waals surface area contributed by atoms with Gasteiger partial charge in [0.2, 0.25) is 0 Å². The second-order valence-electron chi connectivity index (χ2n) is 3.96. The van der Waals surface area contributed by atoms with E-state index in [4.69, 9.17) is 9.47 Å². The minimum Gasteiger partial charge on any atom is -0.497 e. The van der Waals surface area contributed by atoms with E-state index in [1.54, 1.807) is 14.2 Å². The molecule has 86 valence electrons. The molecule has 0 heterocycles. The van der Waals surface area contributed by atoms with Crippen LogP contribution in [-0.4, -0.2) is 20.5 Å². The Labute approximate surface area is 103 Å². The fourth-order valence-corrected chi connectivity index (χ4v) is 2.70. The molecule has 4 heteroatoms. The van der Waals surface area contributed by atoms with Crippen LogP contribution in [0.1, 0.15) is 18.4 Å². The predicted molar refractivity (Wildman–Crippen MR) is 64.2 cm³/mol. The zero-order valence-electron chi connectivity index (χ0n) is 9.25. The Morgan fingerprint density at radius 3 is 2.44 bits per heavy atom. The molecule has 1 aromatic rings. The van der Waals surface area contributed by atoms with Gasteiger partial charge in [-0.05, 0) is 18.9 Å². The minimum atomic E-state index is -0.351. The third kappa shape index (κ3) is 1.71. The summed E-state index contributed by atoms with van der Waals surface area (Å²) in [6.07, 6.45) is 2.79. The fraction of sp³-hybridized carbons (Fsp3) is 0.417. The minimum absolute atomic E-state index is 0.351.